The van der Waals surface area contributed by atoms with E-state index in [1.807, 2.05) is 0 Å². The monoisotopic (exact) mass is 183 g/mol. The lowest BCUT2D eigenvalue weighted by Gasteiger charge is -2.06. The number of nitrogen functional groups attached to an aromatic ring is 1. The van der Waals surface area contributed by atoms with Crippen LogP contribution >= 0.6 is 12.2 Å². The van der Waals surface area contributed by atoms with E-state index in [-0.39, 0.29) is 4.99 Å². The van der Waals surface area contributed by atoms with E-state index in [4.69, 9.17) is 28.4 Å². The van der Waals surface area contributed by atoms with Gasteiger partial charge < -0.3 is 16.2 Å². The Morgan fingerprint density at radius 1 is 1.67 bits per heavy atom. The fourth-order valence-corrected chi connectivity index (χ4v) is 1.01. The second kappa shape index (κ2) is 3.36. The largest absolute Gasteiger partial charge is 0.480 e. The summed E-state index contributed by atoms with van der Waals surface area (Å²) in [5.41, 5.74) is 12.0. The van der Waals surface area contributed by atoms with Gasteiger partial charge in [-0.05, 0) is 6.07 Å². The van der Waals surface area contributed by atoms with Crippen LogP contribution in [-0.2, 0) is 0 Å². The number of aromatic nitrogens is 1. The van der Waals surface area contributed by atoms with Crippen LogP contribution in [0.15, 0.2) is 12.3 Å². The highest BCUT2D eigenvalue weighted by molar-refractivity contribution is 7.80. The molecule has 0 aromatic carbocycles. The molecule has 4 N–H and O–H groups in total. The lowest BCUT2D eigenvalue weighted by Crippen LogP contribution is -2.13. The van der Waals surface area contributed by atoms with Crippen LogP contribution in [0.4, 0.5) is 5.69 Å². The van der Waals surface area contributed by atoms with Gasteiger partial charge in [-0.1, -0.05) is 12.2 Å². The Morgan fingerprint density at radius 2 is 2.33 bits per heavy atom. The van der Waals surface area contributed by atoms with Crippen molar-refractivity contribution in [2.24, 2.45) is 5.73 Å². The highest BCUT2D eigenvalue weighted by atomic mass is 32.1. The van der Waals surface area contributed by atoms with Crippen molar-refractivity contribution in [2.45, 2.75) is 0 Å². The SMILES string of the molecule is COc1nccc(C(N)=S)c1N. The Balaban J connectivity index is 3.23. The van der Waals surface area contributed by atoms with Crippen LogP contribution in [0.5, 0.6) is 5.88 Å². The number of hydrogen-bond donors (Lipinski definition) is 2. The Hall–Kier alpha value is -1.36. The Kier molecular flexibility index (Phi) is 2.44. The minimum atomic E-state index is 0.244. The van der Waals surface area contributed by atoms with Crippen LogP contribution in [0.2, 0.25) is 0 Å². The maximum Gasteiger partial charge on any atom is 0.237 e. The molecule has 0 aliphatic rings. The first-order chi connectivity index (χ1) is 5.66. The minimum Gasteiger partial charge on any atom is -0.480 e. The minimum absolute atomic E-state index is 0.244. The summed E-state index contributed by atoms with van der Waals surface area (Å²) >= 11 is 4.77. The van der Waals surface area contributed by atoms with Gasteiger partial charge in [0.2, 0.25) is 5.88 Å². The molecule has 0 amide bonds. The van der Waals surface area contributed by atoms with Gasteiger partial charge in [0, 0.05) is 11.8 Å². The van der Waals surface area contributed by atoms with E-state index in [2.05, 4.69) is 4.98 Å². The van der Waals surface area contributed by atoms with E-state index in [0.717, 1.165) is 0 Å². The number of ether oxygens (including phenoxy) is 1. The first-order valence-corrected chi connectivity index (χ1v) is 3.66. The smallest absolute Gasteiger partial charge is 0.237 e. The van der Waals surface area contributed by atoms with E-state index in [0.29, 0.717) is 17.1 Å². The zero-order valence-corrected chi connectivity index (χ0v) is 7.39. The number of thiocarbonyl (C=S) groups is 1. The van der Waals surface area contributed by atoms with Crippen molar-refractivity contribution in [1.82, 2.24) is 4.98 Å². The number of rotatable bonds is 2. The summed E-state index contributed by atoms with van der Waals surface area (Å²) in [7, 11) is 1.49. The molecule has 1 rings (SSSR count). The number of pyridine rings is 1. The van der Waals surface area contributed by atoms with Crippen LogP contribution in [-0.4, -0.2) is 17.1 Å². The molecule has 1 aromatic rings. The quantitative estimate of drug-likeness (QED) is 0.645. The Bertz CT molecular complexity index is 314. The van der Waals surface area contributed by atoms with Crippen molar-refractivity contribution in [3.63, 3.8) is 0 Å². The molecule has 64 valence electrons. The molecule has 0 unspecified atom stereocenters. The standard InChI is InChI=1S/C7H9N3OS/c1-11-7-5(8)4(6(9)12)2-3-10-7/h2-3H,8H2,1H3,(H2,9,12). The fourth-order valence-electron chi connectivity index (χ4n) is 0.832. The van der Waals surface area contributed by atoms with Gasteiger partial charge in [0.25, 0.3) is 0 Å². The molecule has 0 spiro atoms. The molecule has 0 atom stereocenters. The summed E-state index contributed by atoms with van der Waals surface area (Å²) in [6.07, 6.45) is 1.55. The van der Waals surface area contributed by atoms with Gasteiger partial charge in [-0.15, -0.1) is 0 Å². The van der Waals surface area contributed by atoms with Crippen LogP contribution in [0, 0.1) is 0 Å². The third kappa shape index (κ3) is 1.45. The predicted molar refractivity (Wildman–Crippen MR) is 51.1 cm³/mol. The topological polar surface area (TPSA) is 74.2 Å². The van der Waals surface area contributed by atoms with Crippen LogP contribution in [0.3, 0.4) is 0 Å². The lowest BCUT2D eigenvalue weighted by atomic mass is 10.2. The van der Waals surface area contributed by atoms with Crippen LogP contribution < -0.4 is 16.2 Å². The van der Waals surface area contributed by atoms with Gasteiger partial charge in [-0.3, -0.25) is 0 Å². The number of nitrogens with zero attached hydrogens (tertiary/aromatic N) is 1. The van der Waals surface area contributed by atoms with E-state index in [9.17, 15) is 0 Å². The summed E-state index contributed by atoms with van der Waals surface area (Å²) in [6.45, 7) is 0. The molecular formula is C7H9N3OS. The second-order valence-electron chi connectivity index (χ2n) is 2.15. The second-order valence-corrected chi connectivity index (χ2v) is 2.59. The van der Waals surface area contributed by atoms with Crippen LogP contribution in [0.1, 0.15) is 5.56 Å². The molecule has 0 radical (unpaired) electrons. The third-order valence-corrected chi connectivity index (χ3v) is 1.63. The van der Waals surface area contributed by atoms with Gasteiger partial charge in [0.15, 0.2) is 0 Å². The van der Waals surface area contributed by atoms with Crippen molar-refractivity contribution < 1.29 is 4.74 Å². The lowest BCUT2D eigenvalue weighted by molar-refractivity contribution is 0.400. The van der Waals surface area contributed by atoms with Crippen LogP contribution in [0.25, 0.3) is 0 Å². The molecule has 5 heteroatoms. The zero-order chi connectivity index (χ0) is 9.14. The normalized spacial score (nSPS) is 9.42. The fraction of sp³-hybridized carbons (Fsp3) is 0.143. The van der Waals surface area contributed by atoms with Crippen molar-refractivity contribution in [2.75, 3.05) is 12.8 Å². The Labute approximate surface area is 75.5 Å². The maximum absolute atomic E-state index is 5.64. The maximum atomic E-state index is 5.64. The summed E-state index contributed by atoms with van der Waals surface area (Å²) in [5.74, 6) is 0.347. The molecule has 1 aromatic heterocycles. The van der Waals surface area contributed by atoms with E-state index < -0.39 is 0 Å². The summed E-state index contributed by atoms with van der Waals surface area (Å²) in [6, 6.07) is 1.65. The zero-order valence-electron chi connectivity index (χ0n) is 6.57. The average Bonchev–Trinajstić information content (AvgIpc) is 2.04. The van der Waals surface area contributed by atoms with E-state index in [1.54, 1.807) is 12.3 Å². The first-order valence-electron chi connectivity index (χ1n) is 3.25. The number of anilines is 1. The van der Waals surface area contributed by atoms with Gasteiger partial charge >= 0.3 is 0 Å². The van der Waals surface area contributed by atoms with Gasteiger partial charge in [-0.25, -0.2) is 4.98 Å². The number of methoxy groups -OCH3 is 1. The van der Waals surface area contributed by atoms with Gasteiger partial charge in [-0.2, -0.15) is 0 Å². The molecule has 12 heavy (non-hydrogen) atoms. The number of nitrogens with two attached hydrogens (primary N) is 2. The molecule has 0 aliphatic heterocycles. The average molecular weight is 183 g/mol. The van der Waals surface area contributed by atoms with Crippen molar-refractivity contribution in [3.05, 3.63) is 17.8 Å². The molecular weight excluding hydrogens is 174 g/mol. The molecule has 0 bridgehead atoms. The molecule has 4 nitrogen and oxygen atoms in total. The summed E-state index contributed by atoms with van der Waals surface area (Å²) < 4.78 is 4.88. The molecule has 0 aliphatic carbocycles. The third-order valence-electron chi connectivity index (χ3n) is 1.41. The highest BCUT2D eigenvalue weighted by Gasteiger charge is 2.07. The van der Waals surface area contributed by atoms with E-state index >= 15 is 0 Å². The van der Waals surface area contributed by atoms with Crippen molar-refractivity contribution in [3.8, 4) is 5.88 Å². The molecule has 0 saturated heterocycles. The van der Waals surface area contributed by atoms with Gasteiger partial charge in [0.05, 0.1) is 7.11 Å². The summed E-state index contributed by atoms with van der Waals surface area (Å²) in [5, 5.41) is 0. The molecule has 0 fully saturated rings. The molecule has 1 heterocycles. The van der Waals surface area contributed by atoms with E-state index in [1.165, 1.54) is 7.11 Å². The van der Waals surface area contributed by atoms with Crippen molar-refractivity contribution >= 4 is 22.9 Å². The highest BCUT2D eigenvalue weighted by Crippen LogP contribution is 2.21. The molecule has 0 saturated carbocycles. The predicted octanol–water partition coefficient (Wildman–Crippen LogP) is 0.307. The van der Waals surface area contributed by atoms with Crippen molar-refractivity contribution in [1.29, 1.82) is 0 Å². The Morgan fingerprint density at radius 3 is 2.83 bits per heavy atom. The number of hydrogen-bond acceptors (Lipinski definition) is 4. The van der Waals surface area contributed by atoms with Gasteiger partial charge in [0.1, 0.15) is 10.7 Å². The first kappa shape index (κ1) is 8.73. The summed E-state index contributed by atoms with van der Waals surface area (Å²) in [4.78, 5) is 4.12.